The minimum absolute atomic E-state index is 0.255. The number of hydrogen-bond acceptors (Lipinski definition) is 4. The normalized spacial score (nSPS) is 21.5. The molecule has 3 aliphatic rings. The number of rotatable bonds is 19. The fraction of sp³-hybridized carbons (Fsp3) is 0.284. The van der Waals surface area contributed by atoms with Crippen LogP contribution in [-0.4, -0.2) is 35.7 Å². The predicted molar refractivity (Wildman–Crippen MR) is 324 cm³/mol. The minimum Gasteiger partial charge on any atom is -0.496 e. The lowest BCUT2D eigenvalue weighted by molar-refractivity contribution is 0.417. The summed E-state index contributed by atoms with van der Waals surface area (Å²) in [5, 5.41) is 5.48. The second-order valence-electron chi connectivity index (χ2n) is 20.4. The number of ether oxygens (including phenoxy) is 2. The van der Waals surface area contributed by atoms with Gasteiger partial charge in [-0.1, -0.05) is 226 Å². The molecule has 8 aromatic carbocycles. The van der Waals surface area contributed by atoms with Gasteiger partial charge in [0.15, 0.2) is 0 Å². The largest absolute Gasteiger partial charge is 0.496 e. The van der Waals surface area contributed by atoms with Gasteiger partial charge in [-0.15, -0.1) is 0 Å². The van der Waals surface area contributed by atoms with Gasteiger partial charge in [-0.25, -0.2) is 4.44 Å². The van der Waals surface area contributed by atoms with Gasteiger partial charge in [0.2, 0.25) is 0 Å². The molecule has 382 valence electrons. The maximum atomic E-state index is 6.69. The molecule has 0 N–H and O–H groups in total. The predicted octanol–water partition coefficient (Wildman–Crippen LogP) is 17.5. The Morgan fingerprint density at radius 2 is 0.920 bits per heavy atom. The van der Waals surface area contributed by atoms with Crippen LogP contribution in [0.2, 0.25) is 0 Å². The molecule has 3 fully saturated rings. The van der Waals surface area contributed by atoms with Gasteiger partial charge < -0.3 is 9.47 Å². The third-order valence-corrected chi connectivity index (χ3v) is 29.2. The SMILES string of the molecule is CCCCN(P(c1ccccc1OC)c1cc(C2C[C@@H](c3ccccc3)P(N(C3CCCC3)P(c3ccccc3)c3ccccc3)[C@@H]2c2ccccc2)ccc1OC)P1[C@H](c2ccccc2)CC[C@H]1c1ccccc1. The van der Waals surface area contributed by atoms with Crippen LogP contribution in [0.3, 0.4) is 0 Å². The van der Waals surface area contributed by atoms with Gasteiger partial charge in [0.1, 0.15) is 11.5 Å². The lowest BCUT2D eigenvalue weighted by Crippen LogP contribution is -2.33. The van der Waals surface area contributed by atoms with Crippen LogP contribution in [0.5, 0.6) is 11.5 Å². The Kier molecular flexibility index (Phi) is 17.3. The molecule has 2 saturated heterocycles. The number of methoxy groups -OCH3 is 2. The molecule has 1 aliphatic carbocycles. The lowest BCUT2D eigenvalue weighted by Gasteiger charge is -2.46. The zero-order chi connectivity index (χ0) is 50.9. The molecule has 2 heterocycles. The number of hydrogen-bond donors (Lipinski definition) is 0. The van der Waals surface area contributed by atoms with Crippen molar-refractivity contribution in [1.82, 2.24) is 8.88 Å². The highest BCUT2D eigenvalue weighted by molar-refractivity contribution is 7.80. The van der Waals surface area contributed by atoms with Gasteiger partial charge in [-0.05, 0) is 123 Å². The number of unbranched alkanes of at least 4 members (excludes halogenated alkanes) is 1. The molecule has 11 rings (SSSR count). The van der Waals surface area contributed by atoms with E-state index in [-0.39, 0.29) is 11.6 Å². The number of benzene rings is 8. The lowest BCUT2D eigenvalue weighted by atomic mass is 9.87. The molecule has 0 aromatic heterocycles. The Balaban J connectivity index is 1.13. The van der Waals surface area contributed by atoms with Crippen molar-refractivity contribution in [3.63, 3.8) is 0 Å². The van der Waals surface area contributed by atoms with E-state index in [0.29, 0.717) is 23.0 Å². The van der Waals surface area contributed by atoms with Crippen LogP contribution in [0.4, 0.5) is 0 Å². The maximum absolute atomic E-state index is 6.69. The van der Waals surface area contributed by atoms with Crippen molar-refractivity contribution in [3.05, 3.63) is 252 Å². The van der Waals surface area contributed by atoms with Gasteiger partial charge in [-0.3, -0.25) is 4.44 Å². The molecule has 3 unspecified atom stereocenters. The zero-order valence-electron chi connectivity index (χ0n) is 43.9. The van der Waals surface area contributed by atoms with Crippen molar-refractivity contribution < 1.29 is 9.47 Å². The topological polar surface area (TPSA) is 24.9 Å². The van der Waals surface area contributed by atoms with E-state index in [0.717, 1.165) is 37.3 Å². The molecule has 75 heavy (non-hydrogen) atoms. The second kappa shape index (κ2) is 25.0. The monoisotopic (exact) mass is 1060 g/mol. The minimum atomic E-state index is -1.17. The van der Waals surface area contributed by atoms with E-state index in [9.17, 15) is 0 Å². The molecule has 0 spiro atoms. The fourth-order valence-corrected chi connectivity index (χ4v) is 28.3. The Morgan fingerprint density at radius 3 is 1.44 bits per heavy atom. The Bertz CT molecular complexity index is 2940. The van der Waals surface area contributed by atoms with E-state index < -0.39 is 32.3 Å². The third-order valence-electron chi connectivity index (χ3n) is 16.0. The van der Waals surface area contributed by atoms with Crippen LogP contribution in [0.1, 0.15) is 121 Å². The summed E-state index contributed by atoms with van der Waals surface area (Å²) in [5.41, 5.74) is 8.79. The summed E-state index contributed by atoms with van der Waals surface area (Å²) in [7, 11) is 0.164. The molecular weight excluding hydrogens is 989 g/mol. The Morgan fingerprint density at radius 1 is 0.453 bits per heavy atom. The highest BCUT2D eigenvalue weighted by Crippen LogP contribution is 2.81. The van der Waals surface area contributed by atoms with Gasteiger partial charge in [0.05, 0.1) is 14.2 Å². The summed E-state index contributed by atoms with van der Waals surface area (Å²) in [5.74, 6) is 2.18. The zero-order valence-corrected chi connectivity index (χ0v) is 47.5. The fourth-order valence-electron chi connectivity index (χ4n) is 12.6. The van der Waals surface area contributed by atoms with Crippen LogP contribution in [0.25, 0.3) is 0 Å². The second-order valence-corrected chi connectivity index (χ2v) is 30.1. The summed E-state index contributed by atoms with van der Waals surface area (Å²) < 4.78 is 19.4. The third kappa shape index (κ3) is 11.1. The van der Waals surface area contributed by atoms with Crippen LogP contribution in [0, 0.1) is 0 Å². The average Bonchev–Trinajstić information content (AvgIpc) is 4.32. The first kappa shape index (κ1) is 52.1. The number of nitrogens with zero attached hydrogens (tertiary/aromatic N) is 2. The molecule has 0 amide bonds. The molecule has 7 atom stereocenters. The van der Waals surface area contributed by atoms with E-state index >= 15 is 0 Å². The average molecular weight is 1060 g/mol. The van der Waals surface area contributed by atoms with Crippen LogP contribution < -0.4 is 30.7 Å². The summed E-state index contributed by atoms with van der Waals surface area (Å²) in [4.78, 5) is 0. The van der Waals surface area contributed by atoms with Crippen LogP contribution in [0.15, 0.2) is 224 Å². The summed E-state index contributed by atoms with van der Waals surface area (Å²) in [6.07, 6.45) is 10.7. The van der Waals surface area contributed by atoms with E-state index in [2.05, 4.69) is 240 Å². The van der Waals surface area contributed by atoms with Crippen LogP contribution in [-0.2, 0) is 0 Å². The molecule has 1 saturated carbocycles. The maximum Gasteiger partial charge on any atom is 0.128 e. The van der Waals surface area contributed by atoms with Gasteiger partial charge in [-0.2, -0.15) is 0 Å². The van der Waals surface area contributed by atoms with Crippen molar-refractivity contribution in [1.29, 1.82) is 0 Å². The van der Waals surface area contributed by atoms with Crippen molar-refractivity contribution in [2.75, 3.05) is 20.8 Å². The standard InChI is InChI=1S/C67H72N2O2P4/c1-4-5-48-68(73-62(51-28-12-6-13-29-51)46-47-63(73)52-30-14-7-15-31-52)74(64-43-27-26-42-60(64)70-2)66-49-55(44-45-61(66)71-3)59-50-65(53-32-16-8-17-33-53)75(67(59)54-34-18-9-19-35-54)69(56-36-24-25-37-56)72(57-38-20-10-21-39-57)58-40-22-11-23-41-58/h6-23,26-35,38-45,49,56,59,62-63,65,67H,4-5,24-25,36-37,46-48,50H2,1-3H3/t59?,62-,63-,65-,67+,74?,75?/m0/s1. The van der Waals surface area contributed by atoms with Crippen molar-refractivity contribution in [2.24, 2.45) is 0 Å². The first-order chi connectivity index (χ1) is 37.1. The molecule has 0 bridgehead atoms. The quantitative estimate of drug-likeness (QED) is 0.0754. The summed E-state index contributed by atoms with van der Waals surface area (Å²) >= 11 is 0. The van der Waals surface area contributed by atoms with E-state index in [1.54, 1.807) is 0 Å². The van der Waals surface area contributed by atoms with Gasteiger partial charge in [0.25, 0.3) is 0 Å². The van der Waals surface area contributed by atoms with E-state index in [1.807, 2.05) is 14.2 Å². The van der Waals surface area contributed by atoms with Crippen molar-refractivity contribution >= 4 is 53.5 Å². The van der Waals surface area contributed by atoms with Crippen LogP contribution >= 0.6 is 32.3 Å². The molecule has 2 aliphatic heterocycles. The smallest absolute Gasteiger partial charge is 0.128 e. The van der Waals surface area contributed by atoms with E-state index in [4.69, 9.17) is 9.47 Å². The highest BCUT2D eigenvalue weighted by atomic mass is 31.2. The molecule has 8 heteroatoms. The van der Waals surface area contributed by atoms with Crippen molar-refractivity contribution in [2.45, 2.75) is 99.3 Å². The first-order valence-corrected chi connectivity index (χ1v) is 32.9. The highest BCUT2D eigenvalue weighted by Gasteiger charge is 2.52. The first-order valence-electron chi connectivity index (χ1n) is 27.5. The molecular formula is C67H72N2O2P4. The Hall–Kier alpha value is -5.00. The van der Waals surface area contributed by atoms with Crippen molar-refractivity contribution in [3.8, 4) is 11.5 Å². The number of para-hydroxylation sites is 1. The molecule has 4 nitrogen and oxygen atoms in total. The van der Waals surface area contributed by atoms with E-state index in [1.165, 1.54) is 87.6 Å². The summed E-state index contributed by atoms with van der Waals surface area (Å²) in [6.45, 7) is 3.36. The molecule has 0 radical (unpaired) electrons. The molecule has 8 aromatic rings. The summed E-state index contributed by atoms with van der Waals surface area (Å²) in [6, 6.07) is 86.5. The van der Waals surface area contributed by atoms with Gasteiger partial charge >= 0.3 is 0 Å². The Labute approximate surface area is 453 Å². The van der Waals surface area contributed by atoms with Gasteiger partial charge in [0, 0.05) is 62.0 Å².